The lowest BCUT2D eigenvalue weighted by molar-refractivity contribution is -0.122. The molecule has 0 saturated carbocycles. The monoisotopic (exact) mass is 444 g/mol. The van der Waals surface area contributed by atoms with Crippen LogP contribution >= 0.6 is 0 Å². The largest absolute Gasteiger partial charge is 0.375 e. The van der Waals surface area contributed by atoms with Crippen LogP contribution < -0.4 is 10.2 Å². The summed E-state index contributed by atoms with van der Waals surface area (Å²) in [5.41, 5.74) is 2.19. The van der Waals surface area contributed by atoms with Crippen LogP contribution in [0.5, 0.6) is 0 Å². The van der Waals surface area contributed by atoms with Crippen molar-refractivity contribution in [3.63, 3.8) is 0 Å². The third kappa shape index (κ3) is 6.53. The van der Waals surface area contributed by atoms with E-state index in [1.165, 1.54) is 4.31 Å². The molecule has 1 aliphatic rings. The van der Waals surface area contributed by atoms with Crippen LogP contribution in [0.15, 0.2) is 59.5 Å². The molecule has 7 nitrogen and oxygen atoms in total. The molecular formula is C23H32N4O3S. The van der Waals surface area contributed by atoms with Crippen LogP contribution in [0.4, 0.5) is 5.69 Å². The smallest absolute Gasteiger partial charge is 0.243 e. The zero-order chi connectivity index (χ0) is 22.3. The number of sulfonamides is 1. The average molecular weight is 445 g/mol. The minimum atomic E-state index is -3.48. The zero-order valence-corrected chi connectivity index (χ0v) is 19.1. The van der Waals surface area contributed by atoms with Gasteiger partial charge in [-0.25, -0.2) is 8.42 Å². The van der Waals surface area contributed by atoms with E-state index in [9.17, 15) is 13.2 Å². The van der Waals surface area contributed by atoms with E-state index in [0.29, 0.717) is 44.2 Å². The van der Waals surface area contributed by atoms with Crippen molar-refractivity contribution in [1.82, 2.24) is 14.5 Å². The summed E-state index contributed by atoms with van der Waals surface area (Å²) in [6.45, 7) is 5.60. The van der Waals surface area contributed by atoms with Crippen LogP contribution in [0, 0.1) is 6.92 Å². The minimum absolute atomic E-state index is 0.0165. The molecule has 2 aromatic carbocycles. The van der Waals surface area contributed by atoms with Gasteiger partial charge in [-0.2, -0.15) is 4.31 Å². The second-order valence-electron chi connectivity index (χ2n) is 7.95. The maximum absolute atomic E-state index is 12.8. The lowest BCUT2D eigenvalue weighted by Gasteiger charge is -2.33. The molecule has 0 atom stereocenters. The van der Waals surface area contributed by atoms with Crippen LogP contribution in [0.3, 0.4) is 0 Å². The Morgan fingerprint density at radius 1 is 1.00 bits per heavy atom. The van der Waals surface area contributed by atoms with Crippen molar-refractivity contribution in [3.05, 3.63) is 60.2 Å². The molecule has 1 heterocycles. The fourth-order valence-electron chi connectivity index (χ4n) is 3.60. The highest BCUT2D eigenvalue weighted by Gasteiger charge is 2.28. The van der Waals surface area contributed by atoms with Crippen molar-refractivity contribution in [1.29, 1.82) is 0 Å². The number of carbonyl (C=O) groups is 1. The first kappa shape index (κ1) is 23.2. The van der Waals surface area contributed by atoms with Gasteiger partial charge in [0.25, 0.3) is 0 Å². The first-order chi connectivity index (χ1) is 14.9. The SMILES string of the molecule is Cc1ccc(S(=O)(=O)N2CCN(CC(=O)NCCCN(C)c3ccccc3)CC2)cc1. The fraction of sp³-hybridized carbons (Fsp3) is 0.435. The van der Waals surface area contributed by atoms with Crippen LogP contribution in [0.1, 0.15) is 12.0 Å². The molecule has 1 N–H and O–H groups in total. The van der Waals surface area contributed by atoms with Crippen molar-refractivity contribution in [2.45, 2.75) is 18.2 Å². The fourth-order valence-corrected chi connectivity index (χ4v) is 5.02. The first-order valence-electron chi connectivity index (χ1n) is 10.7. The Hall–Kier alpha value is -2.42. The van der Waals surface area contributed by atoms with Gasteiger partial charge in [-0.15, -0.1) is 0 Å². The first-order valence-corrected chi connectivity index (χ1v) is 12.1. The van der Waals surface area contributed by atoms with E-state index in [4.69, 9.17) is 0 Å². The molecule has 3 rings (SSSR count). The van der Waals surface area contributed by atoms with Crippen molar-refractivity contribution < 1.29 is 13.2 Å². The summed E-state index contributed by atoms with van der Waals surface area (Å²) in [6, 6.07) is 17.1. The van der Waals surface area contributed by atoms with Crippen molar-refractivity contribution in [2.24, 2.45) is 0 Å². The number of piperazine rings is 1. The van der Waals surface area contributed by atoms with Crippen LogP contribution in [-0.4, -0.2) is 76.4 Å². The number of amides is 1. The normalized spacial score (nSPS) is 15.5. The number of hydrogen-bond donors (Lipinski definition) is 1. The number of para-hydroxylation sites is 1. The number of anilines is 1. The molecule has 1 aliphatic heterocycles. The Labute approximate surface area is 185 Å². The maximum Gasteiger partial charge on any atom is 0.243 e. The Bertz CT molecular complexity index is 941. The van der Waals surface area contributed by atoms with E-state index >= 15 is 0 Å². The molecule has 8 heteroatoms. The highest BCUT2D eigenvalue weighted by molar-refractivity contribution is 7.89. The number of rotatable bonds is 9. The topological polar surface area (TPSA) is 73.0 Å². The molecule has 0 aromatic heterocycles. The molecular weight excluding hydrogens is 412 g/mol. The second-order valence-corrected chi connectivity index (χ2v) is 9.89. The Morgan fingerprint density at radius 3 is 2.29 bits per heavy atom. The predicted octanol–water partition coefficient (Wildman–Crippen LogP) is 1.94. The molecule has 168 valence electrons. The highest BCUT2D eigenvalue weighted by atomic mass is 32.2. The van der Waals surface area contributed by atoms with Gasteiger partial charge in [-0.1, -0.05) is 35.9 Å². The highest BCUT2D eigenvalue weighted by Crippen LogP contribution is 2.18. The standard InChI is InChI=1S/C23H32N4O3S/c1-20-9-11-22(12-10-20)31(29,30)27-17-15-26(16-18-27)19-23(28)24-13-6-14-25(2)21-7-4-3-5-8-21/h3-5,7-12H,6,13-19H2,1-2H3,(H,24,28). The van der Waals surface area contributed by atoms with Crippen molar-refractivity contribution >= 4 is 21.6 Å². The third-order valence-electron chi connectivity index (χ3n) is 5.55. The lowest BCUT2D eigenvalue weighted by atomic mass is 10.2. The summed E-state index contributed by atoms with van der Waals surface area (Å²) in [5.74, 6) is -0.0165. The summed E-state index contributed by atoms with van der Waals surface area (Å²) in [6.07, 6.45) is 0.861. The Kier molecular flexibility index (Phi) is 8.06. The van der Waals surface area contributed by atoms with Crippen LogP contribution in [0.2, 0.25) is 0 Å². The van der Waals surface area contributed by atoms with Gasteiger partial charge >= 0.3 is 0 Å². The Morgan fingerprint density at radius 2 is 1.65 bits per heavy atom. The quantitative estimate of drug-likeness (QED) is 0.599. The van der Waals surface area contributed by atoms with E-state index in [0.717, 1.165) is 24.2 Å². The molecule has 0 radical (unpaired) electrons. The number of hydrogen-bond acceptors (Lipinski definition) is 5. The summed E-state index contributed by atoms with van der Waals surface area (Å²) < 4.78 is 27.1. The molecule has 0 spiro atoms. The van der Waals surface area contributed by atoms with Crippen LogP contribution in [-0.2, 0) is 14.8 Å². The molecule has 1 amide bonds. The molecule has 1 fully saturated rings. The van der Waals surface area contributed by atoms with Crippen molar-refractivity contribution in [2.75, 3.05) is 57.8 Å². The number of benzene rings is 2. The zero-order valence-electron chi connectivity index (χ0n) is 18.3. The van der Waals surface area contributed by atoms with E-state index in [1.54, 1.807) is 12.1 Å². The van der Waals surface area contributed by atoms with Gasteiger partial charge < -0.3 is 10.2 Å². The predicted molar refractivity (Wildman–Crippen MR) is 124 cm³/mol. The van der Waals surface area contributed by atoms with E-state index in [-0.39, 0.29) is 5.91 Å². The molecule has 31 heavy (non-hydrogen) atoms. The number of aryl methyl sites for hydroxylation is 1. The van der Waals surface area contributed by atoms with E-state index in [1.807, 2.05) is 49.2 Å². The summed E-state index contributed by atoms with van der Waals surface area (Å²) in [4.78, 5) is 16.8. The van der Waals surface area contributed by atoms with Crippen molar-refractivity contribution in [3.8, 4) is 0 Å². The summed E-state index contributed by atoms with van der Waals surface area (Å²) in [7, 11) is -1.43. The average Bonchev–Trinajstić information content (AvgIpc) is 2.78. The summed E-state index contributed by atoms with van der Waals surface area (Å²) >= 11 is 0. The maximum atomic E-state index is 12.8. The van der Waals surface area contributed by atoms with Gasteiger partial charge in [0.15, 0.2) is 0 Å². The second kappa shape index (κ2) is 10.7. The minimum Gasteiger partial charge on any atom is -0.375 e. The number of nitrogens with one attached hydrogen (secondary N) is 1. The van der Waals surface area contributed by atoms with E-state index < -0.39 is 10.0 Å². The summed E-state index contributed by atoms with van der Waals surface area (Å²) in [5, 5.41) is 2.97. The molecule has 0 bridgehead atoms. The van der Waals surface area contributed by atoms with Gasteiger partial charge in [0, 0.05) is 52.0 Å². The number of nitrogens with zero attached hydrogens (tertiary/aromatic N) is 3. The number of carbonyl (C=O) groups excluding carboxylic acids is 1. The lowest BCUT2D eigenvalue weighted by Crippen LogP contribution is -2.51. The third-order valence-corrected chi connectivity index (χ3v) is 7.46. The van der Waals surface area contributed by atoms with Gasteiger partial charge in [-0.3, -0.25) is 9.69 Å². The van der Waals surface area contributed by atoms with Gasteiger partial charge in [-0.05, 0) is 37.6 Å². The van der Waals surface area contributed by atoms with E-state index in [2.05, 4.69) is 22.3 Å². The Balaban J connectivity index is 1.36. The molecule has 0 aliphatic carbocycles. The van der Waals surface area contributed by atoms with Crippen LogP contribution in [0.25, 0.3) is 0 Å². The molecule has 1 saturated heterocycles. The van der Waals surface area contributed by atoms with Gasteiger partial charge in [0.1, 0.15) is 0 Å². The van der Waals surface area contributed by atoms with Gasteiger partial charge in [0.2, 0.25) is 15.9 Å². The van der Waals surface area contributed by atoms with Gasteiger partial charge in [0.05, 0.1) is 11.4 Å². The molecule has 2 aromatic rings. The molecule has 0 unspecified atom stereocenters.